The third-order valence-corrected chi connectivity index (χ3v) is 1.70. The lowest BCUT2D eigenvalue weighted by Gasteiger charge is -1.98. The molecule has 74 valence electrons. The average Bonchev–Trinajstić information content (AvgIpc) is 2.07. The molecule has 0 spiro atoms. The molecule has 0 aliphatic carbocycles. The van der Waals surface area contributed by atoms with E-state index in [0.29, 0.717) is 0 Å². The highest BCUT2D eigenvalue weighted by atomic mass is 35.5. The van der Waals surface area contributed by atoms with Gasteiger partial charge in [0.15, 0.2) is 0 Å². The minimum atomic E-state index is -0.760. The Bertz CT molecular complexity index is 394. The van der Waals surface area contributed by atoms with Crippen LogP contribution in [-0.4, -0.2) is 10.2 Å². The van der Waals surface area contributed by atoms with E-state index in [2.05, 4.69) is 0 Å². The van der Waals surface area contributed by atoms with E-state index < -0.39 is 16.0 Å². The van der Waals surface area contributed by atoms with Crippen LogP contribution in [0.3, 0.4) is 0 Å². The van der Waals surface area contributed by atoms with Crippen LogP contribution in [0.25, 0.3) is 0 Å². The van der Waals surface area contributed by atoms with Crippen LogP contribution in [0.1, 0.15) is 5.56 Å². The zero-order valence-electron chi connectivity index (χ0n) is 6.87. The molecule has 0 amide bonds. The molecule has 0 bridgehead atoms. The number of halogens is 2. The summed E-state index contributed by atoms with van der Waals surface area (Å²) in [7, 11) is 0. The van der Waals surface area contributed by atoms with Gasteiger partial charge in [0.1, 0.15) is 5.82 Å². The first-order valence-electron chi connectivity index (χ1n) is 3.62. The lowest BCUT2D eigenvalue weighted by Crippen LogP contribution is -1.98. The van der Waals surface area contributed by atoms with Crippen LogP contribution in [0.4, 0.5) is 10.1 Å². The number of rotatable bonds is 3. The van der Waals surface area contributed by atoms with Crippen molar-refractivity contribution >= 4 is 22.5 Å². The summed E-state index contributed by atoms with van der Waals surface area (Å²) >= 11 is 5.04. The summed E-state index contributed by atoms with van der Waals surface area (Å²) in [5, 5.41) is 9.56. The summed E-state index contributed by atoms with van der Waals surface area (Å²) in [6, 6.07) is 2.96. The summed E-state index contributed by atoms with van der Waals surface area (Å²) in [6.07, 6.45) is -0.352. The van der Waals surface area contributed by atoms with E-state index in [1.807, 2.05) is 0 Å². The Labute approximate surface area is 83.4 Å². The molecule has 6 heteroatoms. The molecule has 1 aromatic carbocycles. The second-order valence-electron chi connectivity index (χ2n) is 2.56. The zero-order chi connectivity index (χ0) is 10.7. The van der Waals surface area contributed by atoms with Crippen molar-refractivity contribution < 1.29 is 14.1 Å². The maximum absolute atomic E-state index is 13.0. The van der Waals surface area contributed by atoms with Crippen molar-refractivity contribution in [1.29, 1.82) is 0 Å². The average molecular weight is 218 g/mol. The van der Waals surface area contributed by atoms with Crippen LogP contribution in [0.15, 0.2) is 18.2 Å². The first kappa shape index (κ1) is 10.6. The Hall–Kier alpha value is -1.49. The molecule has 0 N–H and O–H groups in total. The Balaban J connectivity index is 3.08. The molecule has 0 aromatic heterocycles. The number of nitro groups is 1. The highest BCUT2D eigenvalue weighted by Crippen LogP contribution is 2.17. The summed E-state index contributed by atoms with van der Waals surface area (Å²) in [4.78, 5) is 20.1. The molecule has 0 heterocycles. The third-order valence-electron chi connectivity index (χ3n) is 1.57. The summed E-state index contributed by atoms with van der Waals surface area (Å²) < 4.78 is 13.0. The van der Waals surface area contributed by atoms with Gasteiger partial charge in [-0.15, -0.1) is 0 Å². The number of carbonyl (C=O) groups excluding carboxylic acids is 1. The summed E-state index contributed by atoms with van der Waals surface area (Å²) in [5.41, 5.74) is -0.335. The maximum Gasteiger partial charge on any atom is 0.269 e. The summed E-state index contributed by atoms with van der Waals surface area (Å²) in [5.74, 6) is -0.676. The van der Waals surface area contributed by atoms with E-state index in [0.717, 1.165) is 18.2 Å². The monoisotopic (exact) mass is 217 g/mol. The number of hydrogen-bond acceptors (Lipinski definition) is 3. The zero-order valence-corrected chi connectivity index (χ0v) is 7.62. The van der Waals surface area contributed by atoms with Crippen molar-refractivity contribution in [3.05, 3.63) is 39.7 Å². The molecule has 0 fully saturated rings. The third kappa shape index (κ3) is 2.50. The van der Waals surface area contributed by atoms with Gasteiger partial charge in [0, 0.05) is 17.7 Å². The van der Waals surface area contributed by atoms with Crippen molar-refractivity contribution in [3.63, 3.8) is 0 Å². The Morgan fingerprint density at radius 2 is 2.21 bits per heavy atom. The van der Waals surface area contributed by atoms with Crippen LogP contribution in [0.5, 0.6) is 0 Å². The molecule has 0 atom stereocenters. The van der Waals surface area contributed by atoms with Crippen LogP contribution >= 0.6 is 11.6 Å². The number of nitro benzene ring substituents is 1. The molecule has 4 nitrogen and oxygen atoms in total. The van der Waals surface area contributed by atoms with Gasteiger partial charge in [0.2, 0.25) is 5.24 Å². The van der Waals surface area contributed by atoms with E-state index in [9.17, 15) is 19.3 Å². The second-order valence-corrected chi connectivity index (χ2v) is 2.99. The largest absolute Gasteiger partial charge is 0.281 e. The van der Waals surface area contributed by atoms with Gasteiger partial charge in [0.25, 0.3) is 5.69 Å². The lowest BCUT2D eigenvalue weighted by atomic mass is 10.1. The molecule has 0 saturated carbocycles. The Morgan fingerprint density at radius 3 is 2.71 bits per heavy atom. The second kappa shape index (κ2) is 4.15. The Morgan fingerprint density at radius 1 is 1.57 bits per heavy atom. The van der Waals surface area contributed by atoms with Gasteiger partial charge >= 0.3 is 0 Å². The van der Waals surface area contributed by atoms with Crippen molar-refractivity contribution in [1.82, 2.24) is 0 Å². The smallest absolute Gasteiger partial charge is 0.269 e. The van der Waals surface area contributed by atoms with Crippen LogP contribution in [0.2, 0.25) is 0 Å². The normalized spacial score (nSPS) is 9.86. The van der Waals surface area contributed by atoms with Gasteiger partial charge in [-0.2, -0.15) is 0 Å². The SMILES string of the molecule is O=C(Cl)Cc1cc([N+](=O)[O-])ccc1F. The van der Waals surface area contributed by atoms with E-state index in [-0.39, 0.29) is 17.7 Å². The minimum absolute atomic E-state index is 0.0702. The van der Waals surface area contributed by atoms with Crippen molar-refractivity contribution in [2.24, 2.45) is 0 Å². The van der Waals surface area contributed by atoms with E-state index in [1.165, 1.54) is 0 Å². The van der Waals surface area contributed by atoms with E-state index in [4.69, 9.17) is 11.6 Å². The fourth-order valence-electron chi connectivity index (χ4n) is 0.960. The van der Waals surface area contributed by atoms with Crippen molar-refractivity contribution in [2.45, 2.75) is 6.42 Å². The number of non-ortho nitro benzene ring substituents is 1. The predicted molar refractivity (Wildman–Crippen MR) is 47.6 cm³/mol. The molecule has 0 unspecified atom stereocenters. The quantitative estimate of drug-likeness (QED) is 0.442. The molecule has 0 aliphatic heterocycles. The van der Waals surface area contributed by atoms with Gasteiger partial charge in [-0.05, 0) is 17.7 Å². The van der Waals surface area contributed by atoms with Gasteiger partial charge in [-0.25, -0.2) is 4.39 Å². The number of nitrogens with zero attached hydrogens (tertiary/aromatic N) is 1. The highest BCUT2D eigenvalue weighted by Gasteiger charge is 2.12. The van der Waals surface area contributed by atoms with E-state index >= 15 is 0 Å². The molecule has 0 radical (unpaired) electrons. The van der Waals surface area contributed by atoms with Gasteiger partial charge in [-0.3, -0.25) is 14.9 Å². The highest BCUT2D eigenvalue weighted by molar-refractivity contribution is 6.63. The fourth-order valence-corrected chi connectivity index (χ4v) is 1.10. The molecule has 1 rings (SSSR count). The van der Waals surface area contributed by atoms with E-state index in [1.54, 1.807) is 0 Å². The molecule has 1 aromatic rings. The molecule has 0 saturated heterocycles. The number of carbonyl (C=O) groups is 1. The fraction of sp³-hybridized carbons (Fsp3) is 0.125. The number of benzene rings is 1. The van der Waals surface area contributed by atoms with Crippen molar-refractivity contribution in [2.75, 3.05) is 0 Å². The van der Waals surface area contributed by atoms with Crippen molar-refractivity contribution in [3.8, 4) is 0 Å². The molecular formula is C8H5ClFNO3. The van der Waals surface area contributed by atoms with Crippen LogP contribution in [0, 0.1) is 15.9 Å². The summed E-state index contributed by atoms with van der Waals surface area (Å²) in [6.45, 7) is 0. The maximum atomic E-state index is 13.0. The first-order chi connectivity index (χ1) is 6.50. The first-order valence-corrected chi connectivity index (χ1v) is 3.99. The Kier molecular flexibility index (Phi) is 3.14. The standard InChI is InChI=1S/C8H5ClFNO3/c9-8(12)4-5-3-6(11(13)14)1-2-7(5)10/h1-3H,4H2. The lowest BCUT2D eigenvalue weighted by molar-refractivity contribution is -0.385. The molecule has 14 heavy (non-hydrogen) atoms. The number of hydrogen-bond donors (Lipinski definition) is 0. The minimum Gasteiger partial charge on any atom is -0.281 e. The predicted octanol–water partition coefficient (Wildman–Crippen LogP) is 2.04. The topological polar surface area (TPSA) is 60.2 Å². The van der Waals surface area contributed by atoms with Gasteiger partial charge in [-0.1, -0.05) is 0 Å². The van der Waals surface area contributed by atoms with Crippen LogP contribution in [-0.2, 0) is 11.2 Å². The van der Waals surface area contributed by atoms with Gasteiger partial charge in [0.05, 0.1) is 11.3 Å². The van der Waals surface area contributed by atoms with Crippen LogP contribution < -0.4 is 0 Å². The molecular weight excluding hydrogens is 213 g/mol. The van der Waals surface area contributed by atoms with Gasteiger partial charge < -0.3 is 0 Å². The molecule has 0 aliphatic rings.